The third-order valence-corrected chi connectivity index (χ3v) is 7.40. The van der Waals surface area contributed by atoms with Gasteiger partial charge in [-0.15, -0.1) is 11.3 Å². The van der Waals surface area contributed by atoms with E-state index in [1.807, 2.05) is 0 Å². The van der Waals surface area contributed by atoms with E-state index < -0.39 is 5.82 Å². The molecule has 3 N–H and O–H groups in total. The number of nitrogens with one attached hydrogen (secondary N) is 2. The Hall–Kier alpha value is -3.01. The third kappa shape index (κ3) is 5.98. The molecule has 0 saturated heterocycles. The van der Waals surface area contributed by atoms with Crippen molar-refractivity contribution in [1.82, 2.24) is 15.2 Å². The highest BCUT2D eigenvalue weighted by Crippen LogP contribution is 2.39. The van der Waals surface area contributed by atoms with Gasteiger partial charge in [0.05, 0.1) is 10.2 Å². The first-order chi connectivity index (χ1) is 17.1. The summed E-state index contributed by atoms with van der Waals surface area (Å²) in [5.41, 5.74) is 2.49. The number of unbranched alkanes of at least 4 members (excludes halogenated alkanes) is 1. The smallest absolute Gasteiger partial charge is 0.319 e. The van der Waals surface area contributed by atoms with Gasteiger partial charge in [0, 0.05) is 54.6 Å². The van der Waals surface area contributed by atoms with Crippen LogP contribution in [0.2, 0.25) is 0 Å². The number of rotatable bonds is 9. The van der Waals surface area contributed by atoms with Gasteiger partial charge in [0.1, 0.15) is 5.75 Å². The molecular formula is C26H29FN4O3S. The van der Waals surface area contributed by atoms with Crippen molar-refractivity contribution >= 4 is 38.8 Å². The minimum Gasteiger partial charge on any atom is -0.453 e. The summed E-state index contributed by atoms with van der Waals surface area (Å²) in [5, 5.41) is 14.4. The van der Waals surface area contributed by atoms with E-state index in [1.165, 1.54) is 17.7 Å². The van der Waals surface area contributed by atoms with E-state index in [9.17, 15) is 9.18 Å². The van der Waals surface area contributed by atoms with Gasteiger partial charge in [-0.3, -0.25) is 9.88 Å². The van der Waals surface area contributed by atoms with Crippen LogP contribution in [0.1, 0.15) is 37.0 Å². The number of ether oxygens (including phenoxy) is 1. The summed E-state index contributed by atoms with van der Waals surface area (Å²) < 4.78 is 21.6. The Bertz CT molecular complexity index is 1240. The number of carbonyl (C=O) groups excluding carboxylic acids is 1. The van der Waals surface area contributed by atoms with Crippen molar-refractivity contribution in [2.24, 2.45) is 0 Å². The zero-order chi connectivity index (χ0) is 24.2. The number of hydrogen-bond donors (Lipinski definition) is 3. The molecule has 2 aliphatic rings. The fourth-order valence-corrected chi connectivity index (χ4v) is 5.23. The van der Waals surface area contributed by atoms with Crippen LogP contribution in [-0.4, -0.2) is 53.3 Å². The molecule has 2 amide bonds. The van der Waals surface area contributed by atoms with Gasteiger partial charge in [-0.2, -0.15) is 0 Å². The van der Waals surface area contributed by atoms with Crippen molar-refractivity contribution < 1.29 is 19.0 Å². The number of amides is 2. The highest BCUT2D eigenvalue weighted by atomic mass is 32.1. The Labute approximate surface area is 207 Å². The second-order valence-electron chi connectivity index (χ2n) is 8.96. The van der Waals surface area contributed by atoms with E-state index in [0.29, 0.717) is 11.4 Å². The maximum absolute atomic E-state index is 14.8. The van der Waals surface area contributed by atoms with Crippen LogP contribution in [-0.2, 0) is 0 Å². The summed E-state index contributed by atoms with van der Waals surface area (Å²) in [6.45, 7) is 3.14. The molecule has 0 atom stereocenters. The Morgan fingerprint density at radius 3 is 2.86 bits per heavy atom. The molecule has 1 fully saturated rings. The summed E-state index contributed by atoms with van der Waals surface area (Å²) in [6, 6.07) is 8.14. The first-order valence-corrected chi connectivity index (χ1v) is 12.9. The van der Waals surface area contributed by atoms with Gasteiger partial charge >= 0.3 is 6.03 Å². The first kappa shape index (κ1) is 23.7. The highest BCUT2D eigenvalue weighted by molar-refractivity contribution is 7.20. The number of aliphatic hydroxyl groups is 1. The molecule has 184 valence electrons. The number of nitrogens with zero attached hydrogens (tertiary/aromatic N) is 2. The third-order valence-electron chi connectivity index (χ3n) is 6.19. The topological polar surface area (TPSA) is 86.7 Å². The molecule has 3 aromatic rings. The second kappa shape index (κ2) is 10.7. The van der Waals surface area contributed by atoms with Crippen molar-refractivity contribution in [3.8, 4) is 11.5 Å². The van der Waals surface area contributed by atoms with Gasteiger partial charge in [0.15, 0.2) is 11.6 Å². The number of aromatic nitrogens is 1. The Morgan fingerprint density at radius 2 is 2.11 bits per heavy atom. The number of pyridine rings is 1. The molecular weight excluding hydrogens is 467 g/mol. The van der Waals surface area contributed by atoms with Crippen LogP contribution in [0.15, 0.2) is 42.6 Å². The molecule has 1 saturated carbocycles. The molecule has 0 unspecified atom stereocenters. The van der Waals surface area contributed by atoms with E-state index in [0.717, 1.165) is 66.8 Å². The van der Waals surface area contributed by atoms with Gasteiger partial charge in [0.2, 0.25) is 0 Å². The van der Waals surface area contributed by atoms with Crippen LogP contribution in [0.25, 0.3) is 15.8 Å². The number of hydrogen-bond acceptors (Lipinski definition) is 6. The van der Waals surface area contributed by atoms with Crippen LogP contribution in [0, 0.1) is 5.82 Å². The number of aliphatic hydroxyl groups excluding tert-OH is 1. The van der Waals surface area contributed by atoms with E-state index in [-0.39, 0.29) is 24.4 Å². The predicted molar refractivity (Wildman–Crippen MR) is 137 cm³/mol. The molecule has 1 aromatic carbocycles. The summed E-state index contributed by atoms with van der Waals surface area (Å²) in [7, 11) is 0. The standard InChI is InChI=1S/C26H29FN4O3S/c27-20-15-19(30-26(33)29-18-3-4-18)5-6-22(20)34-23-7-10-28-21-16-24(35-25(21)23)17-8-12-31(13-9-17)11-1-2-14-32/h5-8,10,15-16,18,32H,1-4,9,11-14H2,(H2,29,30,33). The lowest BCUT2D eigenvalue weighted by Gasteiger charge is -2.25. The van der Waals surface area contributed by atoms with Crippen molar-refractivity contribution in [2.45, 2.75) is 38.1 Å². The molecule has 1 aliphatic heterocycles. The van der Waals surface area contributed by atoms with Crippen LogP contribution < -0.4 is 15.4 Å². The second-order valence-corrected chi connectivity index (χ2v) is 10.0. The van der Waals surface area contributed by atoms with Gasteiger partial charge in [0.25, 0.3) is 0 Å². The summed E-state index contributed by atoms with van der Waals surface area (Å²) in [4.78, 5) is 19.9. The summed E-state index contributed by atoms with van der Waals surface area (Å²) in [6.07, 6.45) is 8.71. The van der Waals surface area contributed by atoms with E-state index in [1.54, 1.807) is 29.7 Å². The first-order valence-electron chi connectivity index (χ1n) is 12.0. The quantitative estimate of drug-likeness (QED) is 0.347. The molecule has 1 aliphatic carbocycles. The average Bonchev–Trinajstić information content (AvgIpc) is 3.55. The number of anilines is 1. The minimum atomic E-state index is -0.549. The number of fused-ring (bicyclic) bond motifs is 1. The zero-order valence-electron chi connectivity index (χ0n) is 19.4. The number of benzene rings is 1. The fourth-order valence-electron chi connectivity index (χ4n) is 4.10. The largest absolute Gasteiger partial charge is 0.453 e. The molecule has 0 bridgehead atoms. The molecule has 3 heterocycles. The minimum absolute atomic E-state index is 0.0935. The van der Waals surface area contributed by atoms with Gasteiger partial charge < -0.3 is 20.5 Å². The number of carbonyl (C=O) groups is 1. The average molecular weight is 497 g/mol. The van der Waals surface area contributed by atoms with Crippen molar-refractivity contribution in [2.75, 3.05) is 31.6 Å². The Balaban J connectivity index is 1.28. The molecule has 7 nitrogen and oxygen atoms in total. The predicted octanol–water partition coefficient (Wildman–Crippen LogP) is 5.37. The van der Waals surface area contributed by atoms with E-state index in [2.05, 4.69) is 32.7 Å². The van der Waals surface area contributed by atoms with Crippen LogP contribution in [0.5, 0.6) is 11.5 Å². The molecule has 2 aromatic heterocycles. The lowest BCUT2D eigenvalue weighted by atomic mass is 10.1. The maximum Gasteiger partial charge on any atom is 0.319 e. The van der Waals surface area contributed by atoms with Crippen LogP contribution in [0.3, 0.4) is 0 Å². The maximum atomic E-state index is 14.8. The van der Waals surface area contributed by atoms with Crippen molar-refractivity contribution in [3.63, 3.8) is 0 Å². The normalized spacial score (nSPS) is 16.2. The zero-order valence-corrected chi connectivity index (χ0v) is 20.2. The molecule has 5 rings (SSSR count). The monoisotopic (exact) mass is 496 g/mol. The number of thiophene rings is 1. The van der Waals surface area contributed by atoms with E-state index >= 15 is 0 Å². The van der Waals surface area contributed by atoms with Gasteiger partial charge in [-0.25, -0.2) is 9.18 Å². The van der Waals surface area contributed by atoms with E-state index in [4.69, 9.17) is 9.84 Å². The Morgan fingerprint density at radius 1 is 1.23 bits per heavy atom. The van der Waals surface area contributed by atoms with Gasteiger partial charge in [-0.05, 0) is 62.4 Å². The SMILES string of the molecule is O=C(Nc1ccc(Oc2ccnc3cc(C4=CCN(CCCCO)CC4)sc23)c(F)c1)NC1CC1. The van der Waals surface area contributed by atoms with Crippen LogP contribution >= 0.6 is 11.3 Å². The molecule has 0 radical (unpaired) electrons. The highest BCUT2D eigenvalue weighted by Gasteiger charge is 2.23. The summed E-state index contributed by atoms with van der Waals surface area (Å²) >= 11 is 1.61. The Kier molecular flexibility index (Phi) is 7.26. The van der Waals surface area contributed by atoms with Crippen LogP contribution in [0.4, 0.5) is 14.9 Å². The van der Waals surface area contributed by atoms with Crippen molar-refractivity contribution in [3.05, 3.63) is 53.3 Å². The lowest BCUT2D eigenvalue weighted by Crippen LogP contribution is -2.30. The fraction of sp³-hybridized carbons (Fsp3) is 0.385. The van der Waals surface area contributed by atoms with Gasteiger partial charge in [-0.1, -0.05) is 6.08 Å². The lowest BCUT2D eigenvalue weighted by molar-refractivity contribution is 0.251. The van der Waals surface area contributed by atoms with Crippen molar-refractivity contribution in [1.29, 1.82) is 0 Å². The number of halogens is 1. The molecule has 35 heavy (non-hydrogen) atoms. The molecule has 0 spiro atoms. The molecule has 9 heteroatoms. The summed E-state index contributed by atoms with van der Waals surface area (Å²) in [5.74, 6) is 0.0996. The number of urea groups is 1.